The van der Waals surface area contributed by atoms with Gasteiger partial charge in [-0.05, 0) is 25.0 Å². The monoisotopic (exact) mass is 424 g/mol. The molecule has 0 spiro atoms. The normalized spacial score (nSPS) is 15.9. The summed E-state index contributed by atoms with van der Waals surface area (Å²) in [5.41, 5.74) is 8.24. The van der Waals surface area contributed by atoms with E-state index in [0.29, 0.717) is 6.54 Å². The highest BCUT2D eigenvalue weighted by molar-refractivity contribution is 6.05. The lowest BCUT2D eigenvalue weighted by molar-refractivity contribution is -0.147. The van der Waals surface area contributed by atoms with E-state index in [4.69, 9.17) is 9.15 Å². The first-order valence-electron chi connectivity index (χ1n) is 11.0. The molecule has 0 saturated carbocycles. The Kier molecular flexibility index (Phi) is 4.25. The Morgan fingerprint density at radius 3 is 2.50 bits per heavy atom. The van der Waals surface area contributed by atoms with E-state index in [-0.39, 0.29) is 12.1 Å². The first-order chi connectivity index (χ1) is 15.6. The number of nitrogens with zero attached hydrogens (tertiary/aromatic N) is 2. The topological polar surface area (TPSA) is 49.3 Å². The number of aromatic nitrogens is 2. The summed E-state index contributed by atoms with van der Waals surface area (Å²) in [4.78, 5) is 11.5. The average Bonchev–Trinajstić information content (AvgIpc) is 3.47. The highest BCUT2D eigenvalue weighted by atomic mass is 16.5. The molecule has 1 unspecified atom stereocenters. The number of aryl methyl sites for hydroxylation is 1. The number of hydrogen-bond acceptors (Lipinski definition) is 3. The fraction of sp³-hybridized carbons (Fsp3) is 0.222. The van der Waals surface area contributed by atoms with Crippen LogP contribution in [0.5, 0.6) is 0 Å². The third kappa shape index (κ3) is 2.81. The van der Waals surface area contributed by atoms with E-state index < -0.39 is 0 Å². The minimum Gasteiger partial charge on any atom is -0.471 e. The molecular formula is C27H24N2O3. The minimum absolute atomic E-state index is 0.0921. The molecule has 5 nitrogen and oxygen atoms in total. The van der Waals surface area contributed by atoms with Crippen molar-refractivity contribution in [3.05, 3.63) is 72.9 Å². The number of carbonyl (C=O) groups excluding carboxylic acids is 1. The average molecular weight is 425 g/mol. The predicted octanol–water partition coefficient (Wildman–Crippen LogP) is 5.94. The lowest BCUT2D eigenvalue weighted by Gasteiger charge is -2.25. The summed E-state index contributed by atoms with van der Waals surface area (Å²) in [5.74, 6) is -0.219. The summed E-state index contributed by atoms with van der Waals surface area (Å²) in [6, 6.07) is 16.9. The van der Waals surface area contributed by atoms with Crippen molar-refractivity contribution in [1.29, 1.82) is 0 Å². The zero-order valence-corrected chi connectivity index (χ0v) is 18.2. The molecule has 4 heterocycles. The van der Waals surface area contributed by atoms with Gasteiger partial charge in [-0.15, -0.1) is 0 Å². The smallest absolute Gasteiger partial charge is 0.302 e. The molecule has 0 fully saturated rings. The van der Waals surface area contributed by atoms with Gasteiger partial charge in [0.2, 0.25) is 0 Å². The van der Waals surface area contributed by atoms with Crippen molar-refractivity contribution in [1.82, 2.24) is 9.13 Å². The number of esters is 1. The molecule has 2 aromatic carbocycles. The molecule has 1 aliphatic heterocycles. The number of fused-ring (bicyclic) bond motifs is 4. The van der Waals surface area contributed by atoms with Crippen molar-refractivity contribution >= 4 is 27.8 Å². The van der Waals surface area contributed by atoms with Crippen molar-refractivity contribution in [2.45, 2.75) is 32.4 Å². The first kappa shape index (κ1) is 19.0. The second-order valence-electron chi connectivity index (χ2n) is 8.59. The van der Waals surface area contributed by atoms with Crippen LogP contribution in [0, 0.1) is 0 Å². The number of carbonyl (C=O) groups is 1. The summed E-state index contributed by atoms with van der Waals surface area (Å²) in [6.07, 6.45) is 7.50. The summed E-state index contributed by atoms with van der Waals surface area (Å²) >= 11 is 0. The lowest BCUT2D eigenvalue weighted by Crippen LogP contribution is -2.28. The van der Waals surface area contributed by atoms with E-state index in [1.165, 1.54) is 45.6 Å². The van der Waals surface area contributed by atoms with Crippen LogP contribution in [0.1, 0.15) is 19.0 Å². The third-order valence-electron chi connectivity index (χ3n) is 6.62. The van der Waals surface area contributed by atoms with Crippen LogP contribution in [0.3, 0.4) is 0 Å². The van der Waals surface area contributed by atoms with Crippen molar-refractivity contribution in [2.75, 3.05) is 0 Å². The second-order valence-corrected chi connectivity index (χ2v) is 8.59. The van der Waals surface area contributed by atoms with Crippen LogP contribution in [-0.2, 0) is 29.5 Å². The number of ether oxygens (including phenoxy) is 1. The number of furan rings is 1. The molecule has 0 bridgehead atoms. The third-order valence-corrected chi connectivity index (χ3v) is 6.62. The fourth-order valence-corrected chi connectivity index (χ4v) is 5.30. The zero-order chi connectivity index (χ0) is 21.8. The minimum atomic E-state index is -0.219. The molecule has 0 amide bonds. The summed E-state index contributed by atoms with van der Waals surface area (Å²) in [5, 5.41) is 2.42. The van der Waals surface area contributed by atoms with E-state index in [1.54, 1.807) is 0 Å². The molecule has 6 rings (SSSR count). The standard InChI is InChI=1S/C27H24N2O3/c1-17(30)32-18-11-12-26-27(20-8-4-6-10-25(20)29(26)13-18)23-16-31-15-22(23)21-14-28(2)24-9-5-3-7-19(21)24/h3-10,14-16,18H,11-13H2,1-2H3. The van der Waals surface area contributed by atoms with Gasteiger partial charge in [0.1, 0.15) is 6.10 Å². The molecule has 1 atom stereocenters. The van der Waals surface area contributed by atoms with Crippen LogP contribution in [-0.4, -0.2) is 21.2 Å². The number of hydrogen-bond donors (Lipinski definition) is 0. The lowest BCUT2D eigenvalue weighted by atomic mass is 9.94. The molecule has 0 radical (unpaired) electrons. The van der Waals surface area contributed by atoms with Crippen molar-refractivity contribution in [2.24, 2.45) is 7.05 Å². The fourth-order valence-electron chi connectivity index (χ4n) is 5.30. The van der Waals surface area contributed by atoms with Gasteiger partial charge >= 0.3 is 5.97 Å². The van der Waals surface area contributed by atoms with Crippen molar-refractivity contribution < 1.29 is 13.9 Å². The summed E-state index contributed by atoms with van der Waals surface area (Å²) in [6.45, 7) is 2.16. The van der Waals surface area contributed by atoms with Crippen molar-refractivity contribution in [3.8, 4) is 22.3 Å². The van der Waals surface area contributed by atoms with E-state index in [9.17, 15) is 4.79 Å². The molecule has 0 aliphatic carbocycles. The van der Waals surface area contributed by atoms with Gasteiger partial charge in [0.25, 0.3) is 0 Å². The van der Waals surface area contributed by atoms with Crippen LogP contribution >= 0.6 is 0 Å². The Morgan fingerprint density at radius 2 is 1.69 bits per heavy atom. The van der Waals surface area contributed by atoms with Crippen LogP contribution < -0.4 is 0 Å². The highest BCUT2D eigenvalue weighted by Gasteiger charge is 2.29. The summed E-state index contributed by atoms with van der Waals surface area (Å²) in [7, 11) is 2.08. The van der Waals surface area contributed by atoms with E-state index in [2.05, 4.69) is 70.9 Å². The molecule has 0 N–H and O–H groups in total. The highest BCUT2D eigenvalue weighted by Crippen LogP contribution is 2.44. The maximum atomic E-state index is 11.5. The van der Waals surface area contributed by atoms with Crippen LogP contribution in [0.2, 0.25) is 0 Å². The van der Waals surface area contributed by atoms with E-state index in [1.807, 2.05) is 12.5 Å². The van der Waals surface area contributed by atoms with Gasteiger partial charge in [-0.1, -0.05) is 36.4 Å². The maximum Gasteiger partial charge on any atom is 0.302 e. The Labute approximate surface area is 185 Å². The predicted molar refractivity (Wildman–Crippen MR) is 125 cm³/mol. The molecule has 1 aliphatic rings. The van der Waals surface area contributed by atoms with Crippen molar-refractivity contribution in [3.63, 3.8) is 0 Å². The Bertz CT molecular complexity index is 1480. The quantitative estimate of drug-likeness (QED) is 0.337. The Balaban J connectivity index is 1.56. The number of para-hydroxylation sites is 2. The first-order valence-corrected chi connectivity index (χ1v) is 11.0. The van der Waals surface area contributed by atoms with Gasteiger partial charge in [0.15, 0.2) is 0 Å². The van der Waals surface area contributed by atoms with Crippen LogP contribution in [0.4, 0.5) is 0 Å². The SMILES string of the molecule is CC(=O)OC1CCc2c(-c3cocc3-c3cn(C)c4ccccc34)c3ccccc3n2C1. The van der Waals surface area contributed by atoms with Gasteiger partial charge in [0, 0.05) is 69.9 Å². The van der Waals surface area contributed by atoms with Gasteiger partial charge < -0.3 is 18.3 Å². The number of rotatable bonds is 3. The molecule has 160 valence electrons. The molecular weight excluding hydrogens is 400 g/mol. The van der Waals surface area contributed by atoms with Gasteiger partial charge in [0.05, 0.1) is 19.1 Å². The molecule has 5 aromatic rings. The molecule has 0 saturated heterocycles. The van der Waals surface area contributed by atoms with Gasteiger partial charge in [-0.25, -0.2) is 0 Å². The molecule has 3 aromatic heterocycles. The van der Waals surface area contributed by atoms with E-state index in [0.717, 1.165) is 24.0 Å². The van der Waals surface area contributed by atoms with Gasteiger partial charge in [-0.3, -0.25) is 4.79 Å². The zero-order valence-electron chi connectivity index (χ0n) is 18.2. The van der Waals surface area contributed by atoms with Crippen LogP contribution in [0.15, 0.2) is 71.7 Å². The Morgan fingerprint density at radius 1 is 0.969 bits per heavy atom. The largest absolute Gasteiger partial charge is 0.471 e. The second kappa shape index (κ2) is 7.16. The maximum absolute atomic E-state index is 11.5. The van der Waals surface area contributed by atoms with Crippen LogP contribution in [0.25, 0.3) is 44.1 Å². The summed E-state index contributed by atoms with van der Waals surface area (Å²) < 4.78 is 15.9. The van der Waals surface area contributed by atoms with Gasteiger partial charge in [-0.2, -0.15) is 0 Å². The number of benzene rings is 2. The molecule has 5 heteroatoms. The molecule has 32 heavy (non-hydrogen) atoms. The Hall–Kier alpha value is -3.73. The van der Waals surface area contributed by atoms with E-state index >= 15 is 0 Å².